The second kappa shape index (κ2) is 26.1. The van der Waals surface area contributed by atoms with Crippen molar-refractivity contribution in [2.24, 2.45) is 5.73 Å². The van der Waals surface area contributed by atoms with E-state index >= 15 is 0 Å². The zero-order chi connectivity index (χ0) is 18.5. The van der Waals surface area contributed by atoms with Crippen LogP contribution < -0.4 is 5.73 Å². The Morgan fingerprint density at radius 1 is 0.680 bits per heavy atom. The van der Waals surface area contributed by atoms with Crippen molar-refractivity contribution < 1.29 is 4.79 Å². The first-order chi connectivity index (χ1) is 11.5. The Morgan fingerprint density at radius 2 is 0.960 bits per heavy atom. The summed E-state index contributed by atoms with van der Waals surface area (Å²) in [5.74, 6) is -0.154. The highest BCUT2D eigenvalue weighted by Gasteiger charge is 1.95. The number of halogens is 1. The molecule has 0 aromatic rings. The zero-order valence-electron chi connectivity index (χ0n) is 17.7. The van der Waals surface area contributed by atoms with Gasteiger partial charge in [-0.2, -0.15) is 0 Å². The molecule has 0 saturated carbocycles. The van der Waals surface area contributed by atoms with E-state index in [1.54, 1.807) is 0 Å². The number of nitrogens with two attached hydrogens (primary N) is 1. The fraction of sp³-hybridized carbons (Fsp3) is 0.952. The Balaban J connectivity index is -0.000000704. The summed E-state index contributed by atoms with van der Waals surface area (Å²) < 4.78 is 0. The Morgan fingerprint density at radius 3 is 1.20 bits per heavy atom. The summed E-state index contributed by atoms with van der Waals surface area (Å²) in [5.41, 5.74) is 5.10. The standard InChI is InChI=1S/C17H35NO.C4H11N.BrH/c1-2-3-4-5-6-7-8-9-10-11-12-13-14-15-16-17(18)19;1-4-5(2)3;/h2-16H2,1H3,(H2,18,19);4H2,1-3H3;1H. The molecule has 0 aliphatic rings. The number of unbranched alkanes of at least 4 members (excludes halogenated alkanes) is 13. The van der Waals surface area contributed by atoms with Crippen LogP contribution in [0.3, 0.4) is 0 Å². The van der Waals surface area contributed by atoms with Gasteiger partial charge in [-0.15, -0.1) is 17.0 Å². The molecule has 0 aliphatic heterocycles. The fourth-order valence-corrected chi connectivity index (χ4v) is 2.49. The van der Waals surface area contributed by atoms with Crippen LogP contribution in [0.4, 0.5) is 0 Å². The lowest BCUT2D eigenvalue weighted by Crippen LogP contribution is -2.09. The summed E-state index contributed by atoms with van der Waals surface area (Å²) in [6.07, 6.45) is 19.4. The number of primary amides is 1. The highest BCUT2D eigenvalue weighted by atomic mass is 79.9. The first-order valence-electron chi connectivity index (χ1n) is 10.5. The summed E-state index contributed by atoms with van der Waals surface area (Å²) in [7, 11) is 4.11. The van der Waals surface area contributed by atoms with Gasteiger partial charge in [0.15, 0.2) is 0 Å². The molecule has 3 nitrogen and oxygen atoms in total. The van der Waals surface area contributed by atoms with E-state index in [1.165, 1.54) is 83.5 Å². The molecule has 0 aliphatic carbocycles. The lowest BCUT2D eigenvalue weighted by Gasteiger charge is -2.02. The monoisotopic (exact) mass is 422 g/mol. The maximum Gasteiger partial charge on any atom is 0.217 e. The minimum Gasteiger partial charge on any atom is -0.370 e. The van der Waals surface area contributed by atoms with Gasteiger partial charge in [0.25, 0.3) is 0 Å². The molecule has 0 spiro atoms. The molecule has 0 saturated heterocycles. The van der Waals surface area contributed by atoms with E-state index in [1.807, 2.05) is 0 Å². The van der Waals surface area contributed by atoms with Crippen molar-refractivity contribution in [3.05, 3.63) is 0 Å². The van der Waals surface area contributed by atoms with Crippen LogP contribution in [0.2, 0.25) is 0 Å². The van der Waals surface area contributed by atoms with Gasteiger partial charge in [-0.1, -0.05) is 97.3 Å². The van der Waals surface area contributed by atoms with Crippen LogP contribution in [0.15, 0.2) is 0 Å². The molecular formula is C21H47BrN2O. The quantitative estimate of drug-likeness (QED) is 0.289. The molecule has 0 bridgehead atoms. The molecule has 154 valence electrons. The Bertz CT molecular complexity index is 248. The van der Waals surface area contributed by atoms with Crippen molar-refractivity contribution in [3.63, 3.8) is 0 Å². The molecule has 0 unspecified atom stereocenters. The van der Waals surface area contributed by atoms with Crippen LogP contribution >= 0.6 is 17.0 Å². The topological polar surface area (TPSA) is 46.3 Å². The van der Waals surface area contributed by atoms with E-state index < -0.39 is 0 Å². The van der Waals surface area contributed by atoms with Crippen molar-refractivity contribution in [3.8, 4) is 0 Å². The van der Waals surface area contributed by atoms with E-state index in [-0.39, 0.29) is 22.9 Å². The predicted molar refractivity (Wildman–Crippen MR) is 119 cm³/mol. The van der Waals surface area contributed by atoms with Crippen LogP contribution in [0.25, 0.3) is 0 Å². The van der Waals surface area contributed by atoms with Gasteiger partial charge in [-0.25, -0.2) is 0 Å². The molecular weight excluding hydrogens is 376 g/mol. The SMILES string of the molecule is Br.CCCCCCCCCCCCCCCCC(N)=O.CCN(C)C. The molecule has 0 radical (unpaired) electrons. The minimum atomic E-state index is -0.154. The Labute approximate surface area is 169 Å². The zero-order valence-corrected chi connectivity index (χ0v) is 19.4. The Kier molecular flexibility index (Phi) is 31.0. The van der Waals surface area contributed by atoms with Crippen molar-refractivity contribution >= 4 is 22.9 Å². The molecule has 0 rings (SSSR count). The summed E-state index contributed by atoms with van der Waals surface area (Å²) in [6.45, 7) is 5.54. The lowest BCUT2D eigenvalue weighted by molar-refractivity contribution is -0.118. The van der Waals surface area contributed by atoms with E-state index in [2.05, 4.69) is 32.8 Å². The predicted octanol–water partition coefficient (Wildman–Crippen LogP) is 6.49. The van der Waals surface area contributed by atoms with Crippen molar-refractivity contribution in [2.75, 3.05) is 20.6 Å². The summed E-state index contributed by atoms with van der Waals surface area (Å²) >= 11 is 0. The molecule has 25 heavy (non-hydrogen) atoms. The Hall–Kier alpha value is -0.0900. The number of nitrogens with zero attached hydrogens (tertiary/aromatic N) is 1. The summed E-state index contributed by atoms with van der Waals surface area (Å²) in [6, 6.07) is 0. The number of rotatable bonds is 16. The molecule has 1 amide bonds. The molecule has 0 aromatic carbocycles. The number of hydrogen-bond acceptors (Lipinski definition) is 2. The van der Waals surface area contributed by atoms with Crippen LogP contribution in [-0.4, -0.2) is 31.4 Å². The van der Waals surface area contributed by atoms with Gasteiger partial charge in [-0.3, -0.25) is 4.79 Å². The van der Waals surface area contributed by atoms with E-state index in [4.69, 9.17) is 5.73 Å². The van der Waals surface area contributed by atoms with Gasteiger partial charge in [-0.05, 0) is 27.1 Å². The van der Waals surface area contributed by atoms with Crippen molar-refractivity contribution in [1.29, 1.82) is 0 Å². The average Bonchev–Trinajstić information content (AvgIpc) is 2.55. The van der Waals surface area contributed by atoms with E-state index in [0.29, 0.717) is 6.42 Å². The third kappa shape index (κ3) is 35.8. The van der Waals surface area contributed by atoms with Crippen LogP contribution in [0, 0.1) is 0 Å². The number of hydrogen-bond donors (Lipinski definition) is 1. The molecule has 4 heteroatoms. The van der Waals surface area contributed by atoms with Gasteiger partial charge < -0.3 is 10.6 Å². The van der Waals surface area contributed by atoms with Crippen molar-refractivity contribution in [1.82, 2.24) is 4.90 Å². The maximum absolute atomic E-state index is 10.5. The fourth-order valence-electron chi connectivity index (χ4n) is 2.49. The maximum atomic E-state index is 10.5. The summed E-state index contributed by atoms with van der Waals surface area (Å²) in [4.78, 5) is 12.7. The molecule has 0 aromatic heterocycles. The third-order valence-corrected chi connectivity index (χ3v) is 4.41. The molecule has 0 atom stereocenters. The average molecular weight is 424 g/mol. The second-order valence-corrected chi connectivity index (χ2v) is 7.21. The van der Waals surface area contributed by atoms with Crippen LogP contribution in [-0.2, 0) is 4.79 Å². The van der Waals surface area contributed by atoms with Crippen LogP contribution in [0.5, 0.6) is 0 Å². The highest BCUT2D eigenvalue weighted by molar-refractivity contribution is 8.93. The van der Waals surface area contributed by atoms with Gasteiger partial charge in [0.1, 0.15) is 0 Å². The third-order valence-electron chi connectivity index (χ3n) is 4.41. The van der Waals surface area contributed by atoms with Crippen molar-refractivity contribution in [2.45, 2.75) is 110 Å². The molecule has 0 fully saturated rings. The van der Waals surface area contributed by atoms with Gasteiger partial charge in [0, 0.05) is 6.42 Å². The van der Waals surface area contributed by atoms with Gasteiger partial charge in [0.05, 0.1) is 0 Å². The normalized spacial score (nSPS) is 10.1. The number of amides is 1. The largest absolute Gasteiger partial charge is 0.370 e. The van der Waals surface area contributed by atoms with E-state index in [9.17, 15) is 4.79 Å². The first kappa shape index (κ1) is 29.7. The smallest absolute Gasteiger partial charge is 0.217 e. The molecule has 2 N–H and O–H groups in total. The number of carbonyl (C=O) groups is 1. The van der Waals surface area contributed by atoms with Gasteiger partial charge in [0.2, 0.25) is 5.91 Å². The number of carbonyl (C=O) groups excluding carboxylic acids is 1. The lowest BCUT2D eigenvalue weighted by atomic mass is 10.0. The second-order valence-electron chi connectivity index (χ2n) is 7.21. The molecule has 0 heterocycles. The summed E-state index contributed by atoms with van der Waals surface area (Å²) in [5, 5.41) is 0. The highest BCUT2D eigenvalue weighted by Crippen LogP contribution is 2.13. The first-order valence-corrected chi connectivity index (χ1v) is 10.5. The minimum absolute atomic E-state index is 0. The van der Waals surface area contributed by atoms with Gasteiger partial charge >= 0.3 is 0 Å². The van der Waals surface area contributed by atoms with Crippen LogP contribution in [0.1, 0.15) is 110 Å². The van der Waals surface area contributed by atoms with E-state index in [0.717, 1.165) is 13.0 Å².